The number of aromatic nitrogens is 4. The van der Waals surface area contributed by atoms with Crippen LogP contribution in [0.25, 0.3) is 11.1 Å². The molecule has 2 aliphatic rings. The first-order valence-electron chi connectivity index (χ1n) is 9.92. The molecule has 8 heteroatoms. The number of hydrogen-bond donors (Lipinski definition) is 1. The molecule has 0 atom stereocenters. The number of aryl methyl sites for hydroxylation is 2. The van der Waals surface area contributed by atoms with Gasteiger partial charge >= 0.3 is 0 Å². The summed E-state index contributed by atoms with van der Waals surface area (Å²) in [5.74, 6) is 0.604. The molecule has 3 aromatic rings. The van der Waals surface area contributed by atoms with Crippen molar-refractivity contribution in [2.75, 3.05) is 18.0 Å². The number of rotatable bonds is 2. The van der Waals surface area contributed by atoms with Crippen LogP contribution in [0.3, 0.4) is 0 Å². The van der Waals surface area contributed by atoms with Crippen LogP contribution in [0.15, 0.2) is 24.5 Å². The molecule has 1 aromatic carbocycles. The molecule has 150 valence electrons. The molecule has 7 nitrogen and oxygen atoms in total. The summed E-state index contributed by atoms with van der Waals surface area (Å²) in [7, 11) is 1.83. The van der Waals surface area contributed by atoms with Gasteiger partial charge in [-0.25, -0.2) is 4.39 Å². The molecule has 0 radical (unpaired) electrons. The summed E-state index contributed by atoms with van der Waals surface area (Å²) >= 11 is 0. The average Bonchev–Trinajstić information content (AvgIpc) is 3.32. The normalized spacial score (nSPS) is 16.0. The highest BCUT2D eigenvalue weighted by molar-refractivity contribution is 5.76. The van der Waals surface area contributed by atoms with Crippen molar-refractivity contribution in [2.45, 2.75) is 32.7 Å². The number of carbonyl (C=O) groups excluding carboxylic acids is 1. The molecule has 29 heavy (non-hydrogen) atoms. The highest BCUT2D eigenvalue weighted by atomic mass is 19.1. The third-order valence-corrected chi connectivity index (χ3v) is 5.92. The van der Waals surface area contributed by atoms with E-state index in [4.69, 9.17) is 0 Å². The molecule has 0 unspecified atom stereocenters. The highest BCUT2D eigenvalue weighted by Gasteiger charge is 2.29. The van der Waals surface area contributed by atoms with Crippen molar-refractivity contribution in [3.05, 3.63) is 47.2 Å². The van der Waals surface area contributed by atoms with Gasteiger partial charge in [0, 0.05) is 67.8 Å². The third-order valence-electron chi connectivity index (χ3n) is 5.92. The Kier molecular flexibility index (Phi) is 4.15. The summed E-state index contributed by atoms with van der Waals surface area (Å²) in [6.45, 7) is 3.61. The quantitative estimate of drug-likeness (QED) is 0.726. The molecule has 1 N–H and O–H groups in total. The molecule has 5 rings (SSSR count). The summed E-state index contributed by atoms with van der Waals surface area (Å²) in [6, 6.07) is 3.55. The van der Waals surface area contributed by atoms with Crippen molar-refractivity contribution >= 4 is 17.4 Å². The molecule has 0 bridgehead atoms. The fourth-order valence-electron chi connectivity index (χ4n) is 4.38. The fourth-order valence-corrected chi connectivity index (χ4v) is 4.38. The second-order valence-electron chi connectivity index (χ2n) is 7.81. The van der Waals surface area contributed by atoms with Gasteiger partial charge < -0.3 is 9.80 Å². The van der Waals surface area contributed by atoms with Crippen LogP contribution in [-0.2, 0) is 31.2 Å². The van der Waals surface area contributed by atoms with E-state index in [0.29, 0.717) is 18.7 Å². The number of carbonyl (C=O) groups is 1. The van der Waals surface area contributed by atoms with Crippen molar-refractivity contribution in [2.24, 2.45) is 7.05 Å². The van der Waals surface area contributed by atoms with Crippen molar-refractivity contribution in [3.63, 3.8) is 0 Å². The van der Waals surface area contributed by atoms with Gasteiger partial charge in [0.15, 0.2) is 5.82 Å². The Labute approximate surface area is 168 Å². The Morgan fingerprint density at radius 3 is 2.86 bits per heavy atom. The third kappa shape index (κ3) is 2.99. The van der Waals surface area contributed by atoms with Gasteiger partial charge in [-0.1, -0.05) is 0 Å². The number of nitrogens with one attached hydrogen (secondary N) is 1. The molecule has 4 heterocycles. The lowest BCUT2D eigenvalue weighted by Gasteiger charge is -2.32. The molecule has 2 aliphatic heterocycles. The van der Waals surface area contributed by atoms with Crippen LogP contribution in [0, 0.1) is 5.82 Å². The average molecular weight is 394 g/mol. The summed E-state index contributed by atoms with van der Waals surface area (Å²) in [5, 5.41) is 11.9. The number of H-pyrrole nitrogens is 1. The van der Waals surface area contributed by atoms with Crippen LogP contribution in [0.4, 0.5) is 15.9 Å². The maximum Gasteiger partial charge on any atom is 0.219 e. The van der Waals surface area contributed by atoms with Crippen molar-refractivity contribution in [1.82, 2.24) is 24.9 Å². The lowest BCUT2D eigenvalue weighted by atomic mass is 9.96. The standard InChI is InChI=1S/C21H23FN6O/c1-13(29)27-7-5-19-17(12-27)21(25-24-19)28-6-3-4-14-8-16(18(22)9-20(14)28)15-10-23-26(2)11-15/h8-11H,3-7,12H2,1-2H3,(H,24,25). The predicted molar refractivity (Wildman–Crippen MR) is 107 cm³/mol. The Morgan fingerprint density at radius 1 is 1.24 bits per heavy atom. The number of aromatic amines is 1. The van der Waals surface area contributed by atoms with Crippen molar-refractivity contribution < 1.29 is 9.18 Å². The number of hydrogen-bond acceptors (Lipinski definition) is 4. The van der Waals surface area contributed by atoms with Crippen LogP contribution in [0.1, 0.15) is 30.2 Å². The van der Waals surface area contributed by atoms with Crippen LogP contribution >= 0.6 is 0 Å². The molecule has 0 saturated heterocycles. The molecule has 0 saturated carbocycles. The largest absolute Gasteiger partial charge is 0.338 e. The van der Waals surface area contributed by atoms with Crippen molar-refractivity contribution in [3.8, 4) is 11.1 Å². The summed E-state index contributed by atoms with van der Waals surface area (Å²) in [6.07, 6.45) is 6.13. The minimum Gasteiger partial charge on any atom is -0.338 e. The van der Waals surface area contributed by atoms with Crippen LogP contribution in [-0.4, -0.2) is 43.9 Å². The summed E-state index contributed by atoms with van der Waals surface area (Å²) < 4.78 is 16.7. The number of halogens is 1. The van der Waals surface area contributed by atoms with E-state index in [1.807, 2.05) is 24.2 Å². The first-order valence-corrected chi connectivity index (χ1v) is 9.92. The van der Waals surface area contributed by atoms with E-state index in [1.54, 1.807) is 23.9 Å². The Bertz CT molecular complexity index is 1100. The van der Waals surface area contributed by atoms with Gasteiger partial charge in [-0.3, -0.25) is 14.6 Å². The monoisotopic (exact) mass is 394 g/mol. The van der Waals surface area contributed by atoms with Gasteiger partial charge in [0.05, 0.1) is 12.7 Å². The lowest BCUT2D eigenvalue weighted by Crippen LogP contribution is -2.35. The first kappa shape index (κ1) is 17.9. The Hall–Kier alpha value is -3.16. The lowest BCUT2D eigenvalue weighted by molar-refractivity contribution is -0.129. The number of amides is 1. The van der Waals surface area contributed by atoms with E-state index in [9.17, 15) is 4.79 Å². The highest BCUT2D eigenvalue weighted by Crippen LogP contribution is 2.39. The molecule has 0 aliphatic carbocycles. The number of benzene rings is 1. The zero-order chi connectivity index (χ0) is 20.1. The molecular formula is C21H23FN6O. The SMILES string of the molecule is CC(=O)N1CCc2[nH]nc(N3CCCc4cc(-c5cnn(C)c5)c(F)cc43)c2C1. The smallest absolute Gasteiger partial charge is 0.219 e. The number of nitrogens with zero attached hydrogens (tertiary/aromatic N) is 5. The minimum absolute atomic E-state index is 0.0639. The van der Waals surface area contributed by atoms with E-state index >= 15 is 4.39 Å². The predicted octanol–water partition coefficient (Wildman–Crippen LogP) is 2.94. The Morgan fingerprint density at radius 2 is 2.10 bits per heavy atom. The topological polar surface area (TPSA) is 70.1 Å². The van der Waals surface area contributed by atoms with E-state index in [2.05, 4.69) is 20.2 Å². The molecule has 1 amide bonds. The molecular weight excluding hydrogens is 371 g/mol. The molecule has 0 spiro atoms. The second-order valence-corrected chi connectivity index (χ2v) is 7.81. The molecule has 0 fully saturated rings. The van der Waals surface area contributed by atoms with Crippen LogP contribution in [0.2, 0.25) is 0 Å². The van der Waals surface area contributed by atoms with E-state index in [-0.39, 0.29) is 11.7 Å². The van der Waals surface area contributed by atoms with Gasteiger partial charge in [-0.15, -0.1) is 0 Å². The van der Waals surface area contributed by atoms with E-state index in [1.165, 1.54) is 0 Å². The second kappa shape index (κ2) is 6.72. The number of anilines is 2. The number of fused-ring (bicyclic) bond motifs is 2. The van der Waals surface area contributed by atoms with Crippen LogP contribution < -0.4 is 4.90 Å². The minimum atomic E-state index is -0.265. The van der Waals surface area contributed by atoms with Gasteiger partial charge in [-0.2, -0.15) is 10.2 Å². The van der Waals surface area contributed by atoms with Crippen LogP contribution in [0.5, 0.6) is 0 Å². The van der Waals surface area contributed by atoms with Gasteiger partial charge in [-0.05, 0) is 30.5 Å². The molecule has 2 aromatic heterocycles. The van der Waals surface area contributed by atoms with E-state index in [0.717, 1.165) is 59.7 Å². The summed E-state index contributed by atoms with van der Waals surface area (Å²) in [5.41, 5.74) is 5.42. The Balaban J connectivity index is 1.55. The fraction of sp³-hybridized carbons (Fsp3) is 0.381. The van der Waals surface area contributed by atoms with Gasteiger partial charge in [0.1, 0.15) is 5.82 Å². The van der Waals surface area contributed by atoms with Gasteiger partial charge in [0.2, 0.25) is 5.91 Å². The van der Waals surface area contributed by atoms with E-state index < -0.39 is 0 Å². The van der Waals surface area contributed by atoms with Gasteiger partial charge in [0.25, 0.3) is 0 Å². The maximum absolute atomic E-state index is 15.0. The van der Waals surface area contributed by atoms with Crippen molar-refractivity contribution in [1.29, 1.82) is 0 Å². The first-order chi connectivity index (χ1) is 14.0. The zero-order valence-electron chi connectivity index (χ0n) is 16.6. The maximum atomic E-state index is 15.0. The summed E-state index contributed by atoms with van der Waals surface area (Å²) in [4.78, 5) is 15.8. The zero-order valence-corrected chi connectivity index (χ0v) is 16.6.